The van der Waals surface area contributed by atoms with Gasteiger partial charge in [-0.3, -0.25) is 9.89 Å². The summed E-state index contributed by atoms with van der Waals surface area (Å²) in [5.74, 6) is -0.0745. The van der Waals surface area contributed by atoms with Crippen LogP contribution in [-0.4, -0.2) is 43.1 Å². The molecule has 2 N–H and O–H groups in total. The zero-order valence-corrected chi connectivity index (χ0v) is 18.2. The number of hydrogen-bond acceptors (Lipinski definition) is 2. The monoisotopic (exact) mass is 502 g/mol. The van der Waals surface area contributed by atoms with Crippen LogP contribution in [-0.2, 0) is 12.7 Å². The highest BCUT2D eigenvalue weighted by molar-refractivity contribution is 14.0. The molecule has 154 valence electrons. The van der Waals surface area contributed by atoms with Crippen molar-refractivity contribution < 1.29 is 17.6 Å². The summed E-state index contributed by atoms with van der Waals surface area (Å²) < 4.78 is 52.5. The van der Waals surface area contributed by atoms with Crippen molar-refractivity contribution in [3.8, 4) is 0 Å². The Morgan fingerprint density at radius 1 is 1.30 bits per heavy atom. The summed E-state index contributed by atoms with van der Waals surface area (Å²) in [5, 5.41) is 6.19. The SMILES string of the molecule is CN=C(NCc1ccc(F)cc1C(F)(F)F)NC1CN(C(C)C)CC1C.I. The highest BCUT2D eigenvalue weighted by Crippen LogP contribution is 2.32. The first-order valence-corrected chi connectivity index (χ1v) is 8.68. The molecule has 1 aromatic rings. The lowest BCUT2D eigenvalue weighted by Gasteiger charge is -2.22. The molecule has 2 atom stereocenters. The number of nitrogens with one attached hydrogen (secondary N) is 2. The van der Waals surface area contributed by atoms with Crippen molar-refractivity contribution in [2.45, 2.75) is 45.6 Å². The van der Waals surface area contributed by atoms with Gasteiger partial charge in [0, 0.05) is 38.8 Å². The van der Waals surface area contributed by atoms with E-state index in [-0.39, 0.29) is 42.1 Å². The molecule has 1 aromatic carbocycles. The standard InChI is InChI=1S/C18H26F4N4.HI/c1-11(2)26-9-12(3)16(10-26)25-17(23-4)24-8-13-5-6-14(19)7-15(13)18(20,21)22;/h5-7,11-12,16H,8-10H2,1-4H3,(H2,23,24,25);1H. The molecule has 1 heterocycles. The molecular weight excluding hydrogens is 475 g/mol. The zero-order chi connectivity index (χ0) is 19.5. The van der Waals surface area contributed by atoms with Gasteiger partial charge in [-0.25, -0.2) is 4.39 Å². The lowest BCUT2D eigenvalue weighted by molar-refractivity contribution is -0.138. The van der Waals surface area contributed by atoms with Crippen molar-refractivity contribution in [3.63, 3.8) is 0 Å². The first kappa shape index (κ1) is 23.9. The van der Waals surface area contributed by atoms with Crippen LogP contribution < -0.4 is 10.6 Å². The molecule has 0 aliphatic carbocycles. The number of guanidine groups is 1. The number of aliphatic imine (C=N–C) groups is 1. The van der Waals surface area contributed by atoms with Crippen molar-refractivity contribution >= 4 is 29.9 Å². The molecule has 4 nitrogen and oxygen atoms in total. The van der Waals surface area contributed by atoms with Crippen LogP contribution in [0.4, 0.5) is 17.6 Å². The number of likely N-dealkylation sites (tertiary alicyclic amines) is 1. The number of nitrogens with zero attached hydrogens (tertiary/aromatic N) is 2. The highest BCUT2D eigenvalue weighted by Gasteiger charge is 2.34. The van der Waals surface area contributed by atoms with E-state index in [2.05, 4.69) is 41.3 Å². The van der Waals surface area contributed by atoms with E-state index in [9.17, 15) is 17.6 Å². The van der Waals surface area contributed by atoms with Gasteiger partial charge in [-0.1, -0.05) is 13.0 Å². The fourth-order valence-electron chi connectivity index (χ4n) is 3.13. The average Bonchev–Trinajstić information content (AvgIpc) is 2.92. The number of halogens is 5. The third-order valence-electron chi connectivity index (χ3n) is 4.74. The third-order valence-corrected chi connectivity index (χ3v) is 4.74. The minimum atomic E-state index is -4.60. The smallest absolute Gasteiger partial charge is 0.352 e. The Balaban J connectivity index is 0.00000364. The fourth-order valence-corrected chi connectivity index (χ4v) is 3.13. The lowest BCUT2D eigenvalue weighted by atomic mass is 10.1. The quantitative estimate of drug-likeness (QED) is 0.285. The van der Waals surface area contributed by atoms with Crippen LogP contribution in [0.15, 0.2) is 23.2 Å². The van der Waals surface area contributed by atoms with Gasteiger partial charge in [-0.15, -0.1) is 24.0 Å². The average molecular weight is 502 g/mol. The van der Waals surface area contributed by atoms with Crippen LogP contribution in [0.5, 0.6) is 0 Å². The Morgan fingerprint density at radius 3 is 2.48 bits per heavy atom. The van der Waals surface area contributed by atoms with Crippen LogP contribution in [0.3, 0.4) is 0 Å². The van der Waals surface area contributed by atoms with Crippen molar-refractivity contribution in [1.29, 1.82) is 0 Å². The molecule has 0 radical (unpaired) electrons. The molecule has 1 aliphatic rings. The number of hydrogen-bond donors (Lipinski definition) is 2. The van der Waals surface area contributed by atoms with Crippen molar-refractivity contribution in [1.82, 2.24) is 15.5 Å². The highest BCUT2D eigenvalue weighted by atomic mass is 127. The van der Waals surface area contributed by atoms with E-state index in [1.165, 1.54) is 0 Å². The molecule has 0 aromatic heterocycles. The summed E-state index contributed by atoms with van der Waals surface area (Å²) in [4.78, 5) is 6.45. The second-order valence-corrected chi connectivity index (χ2v) is 7.00. The molecule has 1 aliphatic heterocycles. The molecule has 0 bridgehead atoms. The Bertz CT molecular complexity index is 649. The van der Waals surface area contributed by atoms with E-state index in [1.807, 2.05) is 0 Å². The molecule has 0 amide bonds. The summed E-state index contributed by atoms with van der Waals surface area (Å²) in [6.07, 6.45) is -4.60. The van der Waals surface area contributed by atoms with E-state index >= 15 is 0 Å². The number of alkyl halides is 3. The maximum Gasteiger partial charge on any atom is 0.416 e. The van der Waals surface area contributed by atoms with Crippen molar-refractivity contribution in [2.24, 2.45) is 10.9 Å². The van der Waals surface area contributed by atoms with E-state index in [4.69, 9.17) is 0 Å². The number of rotatable bonds is 4. The van der Waals surface area contributed by atoms with E-state index < -0.39 is 17.6 Å². The summed E-state index contributed by atoms with van der Waals surface area (Å²) in [5.41, 5.74) is -0.995. The Hall–Kier alpha value is -1.10. The van der Waals surface area contributed by atoms with Gasteiger partial charge in [-0.05, 0) is 37.5 Å². The van der Waals surface area contributed by atoms with Crippen LogP contribution in [0, 0.1) is 11.7 Å². The minimum absolute atomic E-state index is 0. The van der Waals surface area contributed by atoms with Crippen LogP contribution in [0.1, 0.15) is 31.9 Å². The topological polar surface area (TPSA) is 39.7 Å². The van der Waals surface area contributed by atoms with Crippen molar-refractivity contribution in [2.75, 3.05) is 20.1 Å². The van der Waals surface area contributed by atoms with E-state index in [1.54, 1.807) is 7.05 Å². The lowest BCUT2D eigenvalue weighted by Crippen LogP contribution is -2.46. The van der Waals surface area contributed by atoms with Crippen LogP contribution in [0.2, 0.25) is 0 Å². The molecule has 0 saturated carbocycles. The van der Waals surface area contributed by atoms with E-state index in [0.29, 0.717) is 24.0 Å². The second kappa shape index (κ2) is 9.90. The first-order valence-electron chi connectivity index (χ1n) is 8.68. The van der Waals surface area contributed by atoms with Crippen LogP contribution >= 0.6 is 24.0 Å². The van der Waals surface area contributed by atoms with Gasteiger partial charge in [-0.2, -0.15) is 13.2 Å². The van der Waals surface area contributed by atoms with E-state index in [0.717, 1.165) is 25.2 Å². The summed E-state index contributed by atoms with van der Waals surface area (Å²) >= 11 is 0. The molecule has 9 heteroatoms. The van der Waals surface area contributed by atoms with Gasteiger partial charge in [0.2, 0.25) is 0 Å². The number of benzene rings is 1. The molecule has 2 unspecified atom stereocenters. The largest absolute Gasteiger partial charge is 0.416 e. The summed E-state index contributed by atoms with van der Waals surface area (Å²) in [6.45, 7) is 8.12. The summed E-state index contributed by atoms with van der Waals surface area (Å²) in [7, 11) is 1.57. The van der Waals surface area contributed by atoms with Crippen molar-refractivity contribution in [3.05, 3.63) is 35.1 Å². The van der Waals surface area contributed by atoms with Gasteiger partial charge < -0.3 is 10.6 Å². The normalized spacial score (nSPS) is 21.3. The molecular formula is C18H27F4IN4. The predicted molar refractivity (Wildman–Crippen MR) is 110 cm³/mol. The van der Waals surface area contributed by atoms with Gasteiger partial charge in [0.15, 0.2) is 5.96 Å². The van der Waals surface area contributed by atoms with Gasteiger partial charge in [0.1, 0.15) is 5.82 Å². The molecule has 2 rings (SSSR count). The maximum absolute atomic E-state index is 13.2. The summed E-state index contributed by atoms with van der Waals surface area (Å²) in [6, 6.07) is 3.30. The molecule has 0 spiro atoms. The third kappa shape index (κ3) is 6.48. The fraction of sp³-hybridized carbons (Fsp3) is 0.611. The molecule has 1 saturated heterocycles. The zero-order valence-electron chi connectivity index (χ0n) is 15.9. The Morgan fingerprint density at radius 2 is 1.96 bits per heavy atom. The van der Waals surface area contributed by atoms with Gasteiger partial charge in [0.25, 0.3) is 0 Å². The van der Waals surface area contributed by atoms with Gasteiger partial charge >= 0.3 is 6.18 Å². The Kier molecular flexibility index (Phi) is 8.78. The van der Waals surface area contributed by atoms with Gasteiger partial charge in [0.05, 0.1) is 5.56 Å². The predicted octanol–water partition coefficient (Wildman–Crippen LogP) is 3.86. The maximum atomic E-state index is 13.2. The minimum Gasteiger partial charge on any atom is -0.352 e. The second-order valence-electron chi connectivity index (χ2n) is 7.00. The Labute approximate surface area is 174 Å². The molecule has 27 heavy (non-hydrogen) atoms. The molecule has 1 fully saturated rings. The van der Waals surface area contributed by atoms with Crippen LogP contribution in [0.25, 0.3) is 0 Å². The first-order chi connectivity index (χ1) is 12.1.